The number of hydrogen-bond acceptors (Lipinski definition) is 8. The molecule has 0 atom stereocenters. The molecule has 0 aromatic rings. The first-order chi connectivity index (χ1) is 13.0. The van der Waals surface area contributed by atoms with Gasteiger partial charge >= 0.3 is 0 Å². The topological polar surface area (TPSA) is 152 Å². The molecule has 0 saturated carbocycles. The molecular formula is C17H31N4O5S+. The molecule has 0 bridgehead atoms. The summed E-state index contributed by atoms with van der Waals surface area (Å²) in [5.74, 6) is 0.360. The molecule has 0 radical (unpaired) electrons. The minimum absolute atomic E-state index is 0.0111. The van der Waals surface area contributed by atoms with Crippen LogP contribution < -0.4 is 21.7 Å². The number of rotatable bonds is 18. The molecule has 6 N–H and O–H groups in total. The lowest BCUT2D eigenvalue weighted by Crippen LogP contribution is -2.98. The summed E-state index contributed by atoms with van der Waals surface area (Å²) in [5, 5.41) is 7.12. The number of carbonyl (C=O) groups excluding carboxylic acids is 5. The number of amides is 1. The summed E-state index contributed by atoms with van der Waals surface area (Å²) in [7, 11) is 0. The van der Waals surface area contributed by atoms with Gasteiger partial charge in [-0.05, 0) is 31.7 Å². The predicted octanol–water partition coefficient (Wildman–Crippen LogP) is -2.63. The van der Waals surface area contributed by atoms with Crippen molar-refractivity contribution in [2.75, 3.05) is 31.9 Å². The minimum atomic E-state index is -1.44. The summed E-state index contributed by atoms with van der Waals surface area (Å²) < 4.78 is 0. The highest BCUT2D eigenvalue weighted by Crippen LogP contribution is 2.13. The normalized spacial score (nSPS) is 11.6. The summed E-state index contributed by atoms with van der Waals surface area (Å²) in [6.45, 7) is 1.63. The predicted molar refractivity (Wildman–Crippen MR) is 104 cm³/mol. The molecule has 0 aliphatic carbocycles. The maximum absolute atomic E-state index is 11.5. The number of quaternary nitrogens is 1. The molecule has 0 unspecified atom stereocenters. The quantitative estimate of drug-likeness (QED) is 0.0726. The zero-order valence-corrected chi connectivity index (χ0v) is 16.4. The average molecular weight is 404 g/mol. The summed E-state index contributed by atoms with van der Waals surface area (Å²) in [4.78, 5) is 57.2. The van der Waals surface area contributed by atoms with E-state index in [4.69, 9.17) is 5.73 Å². The zero-order chi connectivity index (χ0) is 20.6. The Kier molecular flexibility index (Phi) is 13.6. The summed E-state index contributed by atoms with van der Waals surface area (Å²) >= 11 is 3.97. The molecule has 154 valence electrons. The third-order valence-electron chi connectivity index (χ3n) is 4.23. The van der Waals surface area contributed by atoms with Crippen LogP contribution in [0.15, 0.2) is 0 Å². The van der Waals surface area contributed by atoms with Crippen LogP contribution in [0, 0.1) is 0 Å². The Morgan fingerprint density at radius 1 is 1.00 bits per heavy atom. The molecule has 1 amide bonds. The van der Waals surface area contributed by atoms with Crippen LogP contribution in [0.3, 0.4) is 0 Å². The van der Waals surface area contributed by atoms with E-state index < -0.39 is 11.1 Å². The maximum Gasteiger partial charge on any atom is 0.220 e. The number of aldehydes is 4. The molecule has 0 aromatic carbocycles. The van der Waals surface area contributed by atoms with Crippen molar-refractivity contribution in [2.24, 2.45) is 5.73 Å². The Morgan fingerprint density at radius 2 is 1.67 bits per heavy atom. The van der Waals surface area contributed by atoms with Gasteiger partial charge in [0.2, 0.25) is 11.4 Å². The molecule has 0 fully saturated rings. The van der Waals surface area contributed by atoms with Crippen molar-refractivity contribution in [1.29, 1.82) is 0 Å². The van der Waals surface area contributed by atoms with Crippen LogP contribution >= 0.6 is 12.6 Å². The maximum atomic E-state index is 11.5. The lowest BCUT2D eigenvalue weighted by atomic mass is 9.87. The van der Waals surface area contributed by atoms with Gasteiger partial charge in [0, 0.05) is 25.8 Å². The summed E-state index contributed by atoms with van der Waals surface area (Å²) in [5.41, 5.74) is 2.58. The molecule has 0 spiro atoms. The zero-order valence-electron chi connectivity index (χ0n) is 15.5. The van der Waals surface area contributed by atoms with Gasteiger partial charge in [-0.2, -0.15) is 12.6 Å². The van der Waals surface area contributed by atoms with E-state index in [1.807, 2.05) is 0 Å². The number of nitrogens with two attached hydrogens (primary N) is 2. The number of nitrogens with one attached hydrogen (secondary N) is 2. The second-order valence-corrected chi connectivity index (χ2v) is 6.81. The van der Waals surface area contributed by atoms with E-state index in [0.717, 1.165) is 0 Å². The number of hydrogen-bond donors (Lipinski definition) is 5. The van der Waals surface area contributed by atoms with Gasteiger partial charge in [-0.1, -0.05) is 0 Å². The van der Waals surface area contributed by atoms with Gasteiger partial charge < -0.3 is 26.0 Å². The van der Waals surface area contributed by atoms with Gasteiger partial charge in [-0.25, -0.2) is 0 Å². The molecule has 0 saturated heterocycles. The van der Waals surface area contributed by atoms with Crippen molar-refractivity contribution in [1.82, 2.24) is 10.6 Å². The van der Waals surface area contributed by atoms with Crippen molar-refractivity contribution in [2.45, 2.75) is 43.2 Å². The Labute approximate surface area is 165 Å². The average Bonchev–Trinajstić information content (AvgIpc) is 2.69. The largest absolute Gasteiger partial charge is 0.356 e. The second-order valence-electron chi connectivity index (χ2n) is 6.36. The van der Waals surface area contributed by atoms with E-state index in [1.165, 1.54) is 0 Å². The van der Waals surface area contributed by atoms with Gasteiger partial charge in [0.1, 0.15) is 18.1 Å². The van der Waals surface area contributed by atoms with Crippen molar-refractivity contribution >= 4 is 43.7 Å². The minimum Gasteiger partial charge on any atom is -0.356 e. The third-order valence-corrected chi connectivity index (χ3v) is 4.46. The van der Waals surface area contributed by atoms with E-state index in [0.29, 0.717) is 76.3 Å². The Hall–Kier alpha value is -1.62. The smallest absolute Gasteiger partial charge is 0.220 e. The van der Waals surface area contributed by atoms with Crippen molar-refractivity contribution in [3.05, 3.63) is 0 Å². The summed E-state index contributed by atoms with van der Waals surface area (Å²) in [6, 6.07) is 0. The fourth-order valence-electron chi connectivity index (χ4n) is 2.40. The Bertz CT molecular complexity index is 474. The van der Waals surface area contributed by atoms with Crippen LogP contribution in [-0.2, 0) is 24.0 Å². The van der Waals surface area contributed by atoms with Crippen LogP contribution in [0.25, 0.3) is 0 Å². The van der Waals surface area contributed by atoms with Gasteiger partial charge in [-0.3, -0.25) is 19.7 Å². The van der Waals surface area contributed by atoms with Crippen LogP contribution in [-0.4, -0.2) is 74.1 Å². The highest BCUT2D eigenvalue weighted by atomic mass is 32.1. The molecule has 27 heavy (non-hydrogen) atoms. The van der Waals surface area contributed by atoms with Crippen LogP contribution in [0.4, 0.5) is 0 Å². The van der Waals surface area contributed by atoms with Crippen LogP contribution in [0.1, 0.15) is 32.1 Å². The molecule has 0 aliphatic rings. The highest BCUT2D eigenvalue weighted by molar-refractivity contribution is 7.80. The van der Waals surface area contributed by atoms with Crippen molar-refractivity contribution in [3.8, 4) is 0 Å². The van der Waals surface area contributed by atoms with Gasteiger partial charge in [-0.15, -0.1) is 0 Å². The van der Waals surface area contributed by atoms with E-state index in [-0.39, 0.29) is 18.7 Å². The Morgan fingerprint density at radius 3 is 2.19 bits per heavy atom. The molecule has 0 heterocycles. The van der Waals surface area contributed by atoms with Gasteiger partial charge in [0.25, 0.3) is 0 Å². The molecule has 0 aromatic heterocycles. The second kappa shape index (κ2) is 14.4. The van der Waals surface area contributed by atoms with Crippen LogP contribution in [0.2, 0.25) is 0 Å². The summed E-state index contributed by atoms with van der Waals surface area (Å²) in [6.07, 6.45) is 3.55. The molecule has 9 nitrogen and oxygen atoms in total. The standard InChI is InChI=1S/C17H30N4O5S/c18-6-1-8-20-16(11-22,12-23)4-5-17(13-24,14-25)21-9-2-7-19-15(26)3-10-27/h11-14,20-21,27H,1-10,18H2,(H,19,26)/p+1. The van der Waals surface area contributed by atoms with E-state index >= 15 is 0 Å². The molecular weight excluding hydrogens is 372 g/mol. The van der Waals surface area contributed by atoms with Gasteiger partial charge in [0.05, 0.1) is 6.54 Å². The first-order valence-corrected chi connectivity index (χ1v) is 9.62. The van der Waals surface area contributed by atoms with E-state index in [9.17, 15) is 24.0 Å². The number of carbonyl (C=O) groups is 5. The molecule has 0 aliphatic heterocycles. The van der Waals surface area contributed by atoms with Gasteiger partial charge in [0.15, 0.2) is 12.6 Å². The lowest BCUT2D eigenvalue weighted by Gasteiger charge is -2.27. The lowest BCUT2D eigenvalue weighted by molar-refractivity contribution is -0.696. The number of thiol groups is 1. The van der Waals surface area contributed by atoms with Crippen molar-refractivity contribution in [3.63, 3.8) is 0 Å². The molecule has 10 heteroatoms. The SMILES string of the molecule is NCCCNC(C=O)(C=O)CCC(C=O)(C=O)[NH2+]CCCNC(=O)CCS. The molecule has 0 rings (SSSR count). The fraction of sp³-hybridized carbons (Fsp3) is 0.706. The first kappa shape index (κ1) is 25.4. The fourth-order valence-corrected chi connectivity index (χ4v) is 2.60. The van der Waals surface area contributed by atoms with E-state index in [2.05, 4.69) is 23.3 Å². The monoisotopic (exact) mass is 403 g/mol. The third kappa shape index (κ3) is 9.76. The Balaban J connectivity index is 4.63. The van der Waals surface area contributed by atoms with E-state index in [1.54, 1.807) is 5.32 Å². The van der Waals surface area contributed by atoms with Crippen LogP contribution in [0.5, 0.6) is 0 Å². The van der Waals surface area contributed by atoms with Crippen molar-refractivity contribution < 1.29 is 29.3 Å². The highest BCUT2D eigenvalue weighted by Gasteiger charge is 2.38. The first-order valence-electron chi connectivity index (χ1n) is 8.99.